The van der Waals surface area contributed by atoms with Gasteiger partial charge in [0.05, 0.1) is 15.6 Å². The van der Waals surface area contributed by atoms with Crippen LogP contribution in [0.25, 0.3) is 0 Å². The molecule has 0 bridgehead atoms. The molecule has 4 rings (SSSR count). The Morgan fingerprint density at radius 2 is 1.69 bits per heavy atom. The molecule has 0 atom stereocenters. The van der Waals surface area contributed by atoms with Crippen LogP contribution in [0, 0.1) is 0 Å². The van der Waals surface area contributed by atoms with E-state index < -0.39 is 22.5 Å². The minimum atomic E-state index is -4.03. The van der Waals surface area contributed by atoms with Crippen LogP contribution < -0.4 is 9.62 Å². The van der Waals surface area contributed by atoms with Crippen molar-refractivity contribution in [3.05, 3.63) is 95.0 Å². The van der Waals surface area contributed by atoms with Gasteiger partial charge in [-0.15, -0.1) is 0 Å². The van der Waals surface area contributed by atoms with Gasteiger partial charge < -0.3 is 10.2 Å². The number of rotatable bonds is 9. The number of nitrogens with one attached hydrogen (secondary N) is 1. The van der Waals surface area contributed by atoms with Crippen LogP contribution in [-0.4, -0.2) is 38.2 Å². The van der Waals surface area contributed by atoms with Crippen molar-refractivity contribution >= 4 is 39.1 Å². The van der Waals surface area contributed by atoms with Gasteiger partial charge in [0, 0.05) is 26.1 Å². The molecule has 0 unspecified atom stereocenters. The molecule has 1 N–H and O–H groups in total. The number of carbonyl (C=O) groups excluding carboxylic acids is 2. The van der Waals surface area contributed by atoms with Crippen molar-refractivity contribution < 1.29 is 18.0 Å². The number of sulfonamides is 1. The Hall–Kier alpha value is -3.36. The van der Waals surface area contributed by atoms with E-state index in [1.807, 2.05) is 29.2 Å². The van der Waals surface area contributed by atoms with E-state index in [-0.39, 0.29) is 28.1 Å². The van der Waals surface area contributed by atoms with Gasteiger partial charge in [-0.3, -0.25) is 13.9 Å². The first-order valence-corrected chi connectivity index (χ1v) is 13.1. The summed E-state index contributed by atoms with van der Waals surface area (Å²) in [6.07, 6.45) is 1.46. The third-order valence-corrected chi connectivity index (χ3v) is 7.86. The zero-order valence-electron chi connectivity index (χ0n) is 19.1. The molecule has 3 aromatic carbocycles. The lowest BCUT2D eigenvalue weighted by Crippen LogP contribution is -2.40. The van der Waals surface area contributed by atoms with Gasteiger partial charge in [0.15, 0.2) is 0 Å². The molecule has 1 saturated heterocycles. The number of halogens is 1. The minimum Gasteiger partial charge on any atom is -0.350 e. The van der Waals surface area contributed by atoms with E-state index in [0.717, 1.165) is 28.4 Å². The molecule has 1 fully saturated rings. The van der Waals surface area contributed by atoms with Crippen LogP contribution in [0.15, 0.2) is 83.8 Å². The predicted molar refractivity (Wildman–Crippen MR) is 135 cm³/mol. The zero-order valence-corrected chi connectivity index (χ0v) is 20.6. The van der Waals surface area contributed by atoms with Crippen LogP contribution in [0.3, 0.4) is 0 Å². The quantitative estimate of drug-likeness (QED) is 0.471. The van der Waals surface area contributed by atoms with Gasteiger partial charge in [0.1, 0.15) is 6.54 Å². The second-order valence-corrected chi connectivity index (χ2v) is 10.6. The Labute approximate surface area is 210 Å². The number of benzene rings is 3. The largest absolute Gasteiger partial charge is 0.350 e. The van der Waals surface area contributed by atoms with Crippen LogP contribution in [0.4, 0.5) is 5.69 Å². The second kappa shape index (κ2) is 10.9. The molecule has 182 valence electrons. The number of hydrogen-bond acceptors (Lipinski definition) is 4. The average molecular weight is 512 g/mol. The van der Waals surface area contributed by atoms with Crippen molar-refractivity contribution in [1.29, 1.82) is 0 Å². The highest BCUT2D eigenvalue weighted by Crippen LogP contribution is 2.30. The monoisotopic (exact) mass is 511 g/mol. The number of nitrogens with zero attached hydrogens (tertiary/aromatic N) is 2. The van der Waals surface area contributed by atoms with Crippen molar-refractivity contribution in [1.82, 2.24) is 10.2 Å². The molecule has 9 heteroatoms. The zero-order chi connectivity index (χ0) is 24.8. The highest BCUT2D eigenvalue weighted by atomic mass is 35.5. The summed E-state index contributed by atoms with van der Waals surface area (Å²) in [5, 5.41) is 3.03. The Morgan fingerprint density at radius 3 is 2.40 bits per heavy atom. The Balaban J connectivity index is 1.48. The highest BCUT2D eigenvalue weighted by Gasteiger charge is 2.28. The number of likely N-dealkylation sites (tertiary alicyclic amines) is 1. The molecule has 3 aromatic rings. The highest BCUT2D eigenvalue weighted by molar-refractivity contribution is 7.92. The molecule has 1 aliphatic rings. The van der Waals surface area contributed by atoms with Crippen LogP contribution in [0.5, 0.6) is 0 Å². The topological polar surface area (TPSA) is 86.8 Å². The van der Waals surface area contributed by atoms with E-state index in [1.165, 1.54) is 12.1 Å². The van der Waals surface area contributed by atoms with Crippen molar-refractivity contribution in [2.45, 2.75) is 30.8 Å². The number of para-hydroxylation sites is 1. The van der Waals surface area contributed by atoms with Crippen LogP contribution >= 0.6 is 11.6 Å². The lowest BCUT2D eigenvalue weighted by molar-refractivity contribution is -0.128. The number of hydrogen-bond donors (Lipinski definition) is 1. The number of carbonyl (C=O) groups is 2. The smallest absolute Gasteiger partial charge is 0.264 e. The van der Waals surface area contributed by atoms with E-state index in [1.54, 1.807) is 42.5 Å². The Bertz CT molecular complexity index is 1310. The number of anilines is 1. The lowest BCUT2D eigenvalue weighted by Gasteiger charge is -2.25. The van der Waals surface area contributed by atoms with Gasteiger partial charge in [-0.2, -0.15) is 0 Å². The molecule has 0 aliphatic carbocycles. The van der Waals surface area contributed by atoms with E-state index in [9.17, 15) is 18.0 Å². The van der Waals surface area contributed by atoms with Crippen molar-refractivity contribution in [2.75, 3.05) is 17.4 Å². The fraction of sp³-hybridized carbons (Fsp3) is 0.231. The summed E-state index contributed by atoms with van der Waals surface area (Å²) in [4.78, 5) is 26.7. The summed E-state index contributed by atoms with van der Waals surface area (Å²) in [6, 6.07) is 22.1. The van der Waals surface area contributed by atoms with Crippen LogP contribution in [0.2, 0.25) is 5.02 Å². The molecule has 0 radical (unpaired) electrons. The summed E-state index contributed by atoms with van der Waals surface area (Å²) in [5.74, 6) is -0.312. The minimum absolute atomic E-state index is 0.0666. The van der Waals surface area contributed by atoms with Gasteiger partial charge in [0.25, 0.3) is 10.0 Å². The number of amides is 2. The lowest BCUT2D eigenvalue weighted by atomic mass is 10.1. The molecular formula is C26H26ClN3O4S. The summed E-state index contributed by atoms with van der Waals surface area (Å²) in [6.45, 7) is 1.09. The van der Waals surface area contributed by atoms with Crippen molar-refractivity contribution in [3.63, 3.8) is 0 Å². The summed E-state index contributed by atoms with van der Waals surface area (Å²) < 4.78 is 27.8. The molecule has 0 spiro atoms. The maximum absolute atomic E-state index is 13.4. The molecular weight excluding hydrogens is 486 g/mol. The maximum Gasteiger partial charge on any atom is 0.264 e. The molecule has 0 aromatic heterocycles. The maximum atomic E-state index is 13.4. The third kappa shape index (κ3) is 6.01. The average Bonchev–Trinajstić information content (AvgIpc) is 3.26. The van der Waals surface area contributed by atoms with Gasteiger partial charge >= 0.3 is 0 Å². The van der Waals surface area contributed by atoms with Gasteiger partial charge in [0.2, 0.25) is 11.8 Å². The van der Waals surface area contributed by atoms with Gasteiger partial charge in [-0.25, -0.2) is 8.42 Å². The second-order valence-electron chi connectivity index (χ2n) is 8.29. The van der Waals surface area contributed by atoms with Gasteiger partial charge in [-0.1, -0.05) is 66.2 Å². The van der Waals surface area contributed by atoms with E-state index >= 15 is 0 Å². The molecule has 35 heavy (non-hydrogen) atoms. The molecule has 1 aliphatic heterocycles. The summed E-state index contributed by atoms with van der Waals surface area (Å²) in [7, 11) is -4.03. The molecule has 7 nitrogen and oxygen atoms in total. The van der Waals surface area contributed by atoms with Crippen molar-refractivity contribution in [3.8, 4) is 0 Å². The first kappa shape index (κ1) is 24.8. The summed E-state index contributed by atoms with van der Waals surface area (Å²) >= 11 is 6.30. The molecule has 0 saturated carbocycles. The normalized spacial score (nSPS) is 13.6. The summed E-state index contributed by atoms with van der Waals surface area (Å²) in [5.41, 5.74) is 2.07. The van der Waals surface area contributed by atoms with Crippen LogP contribution in [0.1, 0.15) is 24.0 Å². The van der Waals surface area contributed by atoms with E-state index in [4.69, 9.17) is 11.6 Å². The fourth-order valence-corrected chi connectivity index (χ4v) is 5.74. The Kier molecular flexibility index (Phi) is 7.73. The SMILES string of the molecule is O=C(CN(c1ccccc1Cl)S(=O)(=O)c1ccccc1)NCc1cccc(CN2CCCC2=O)c1. The van der Waals surface area contributed by atoms with Crippen molar-refractivity contribution in [2.24, 2.45) is 0 Å². The van der Waals surface area contributed by atoms with Crippen LogP contribution in [-0.2, 0) is 32.7 Å². The van der Waals surface area contributed by atoms with E-state index in [0.29, 0.717) is 13.0 Å². The van der Waals surface area contributed by atoms with Gasteiger partial charge in [-0.05, 0) is 41.8 Å². The third-order valence-electron chi connectivity index (χ3n) is 5.77. The first-order chi connectivity index (χ1) is 16.8. The first-order valence-electron chi connectivity index (χ1n) is 11.3. The Morgan fingerprint density at radius 1 is 0.971 bits per heavy atom. The van der Waals surface area contributed by atoms with E-state index in [2.05, 4.69) is 5.32 Å². The fourth-order valence-electron chi connectivity index (χ4n) is 3.99. The molecule has 2 amide bonds. The predicted octanol–water partition coefficient (Wildman–Crippen LogP) is 3.97. The molecule has 1 heterocycles. The standard InChI is InChI=1S/C26H26ClN3O4S/c27-23-12-4-5-13-24(23)30(35(33,34)22-10-2-1-3-11-22)19-25(31)28-17-20-8-6-9-21(16-20)18-29-15-7-14-26(29)32/h1-6,8-13,16H,7,14-15,17-19H2,(H,28,31).